The molecule has 0 unspecified atom stereocenters. The lowest BCUT2D eigenvalue weighted by Crippen LogP contribution is -2.51. The SMILES string of the molecule is C[Si](C)(C)CCOCn1cc(Cl)c2c(NCCCOc3nc(N4CCC5(CC4)COC5)ccc3N)nc(Cl)nc21. The Labute approximate surface area is 246 Å². The number of halogens is 2. The van der Waals surface area contributed by atoms with Crippen LogP contribution >= 0.6 is 23.2 Å². The normalized spacial score (nSPS) is 16.9. The van der Waals surface area contributed by atoms with Crippen molar-refractivity contribution >= 4 is 59.6 Å². The van der Waals surface area contributed by atoms with Crippen molar-refractivity contribution in [3.8, 4) is 5.88 Å². The van der Waals surface area contributed by atoms with E-state index in [9.17, 15) is 0 Å². The Morgan fingerprint density at radius 1 is 1.10 bits per heavy atom. The van der Waals surface area contributed by atoms with E-state index in [2.05, 4.69) is 39.8 Å². The predicted molar refractivity (Wildman–Crippen MR) is 164 cm³/mol. The van der Waals surface area contributed by atoms with Crippen molar-refractivity contribution in [2.24, 2.45) is 5.41 Å². The summed E-state index contributed by atoms with van der Waals surface area (Å²) in [4.78, 5) is 15.8. The molecule has 0 aromatic carbocycles. The molecule has 40 heavy (non-hydrogen) atoms. The number of rotatable bonds is 12. The average Bonchev–Trinajstić information content (AvgIpc) is 3.20. The minimum Gasteiger partial charge on any atom is -0.476 e. The third kappa shape index (κ3) is 6.93. The van der Waals surface area contributed by atoms with E-state index in [0.29, 0.717) is 66.4 Å². The number of piperidine rings is 1. The topological polar surface area (TPSA) is 113 Å². The first-order valence-electron chi connectivity index (χ1n) is 13.9. The van der Waals surface area contributed by atoms with E-state index >= 15 is 0 Å². The van der Waals surface area contributed by atoms with E-state index in [-0.39, 0.29) is 5.28 Å². The van der Waals surface area contributed by atoms with E-state index in [1.807, 2.05) is 22.9 Å². The molecule has 1 spiro atoms. The smallest absolute Gasteiger partial charge is 0.239 e. The second kappa shape index (κ2) is 12.3. The Hall–Kier alpha value is -2.31. The maximum absolute atomic E-state index is 6.57. The third-order valence-electron chi connectivity index (χ3n) is 7.56. The van der Waals surface area contributed by atoms with Crippen LogP contribution in [0.3, 0.4) is 0 Å². The molecule has 218 valence electrons. The molecule has 10 nitrogen and oxygen atoms in total. The molecule has 3 aromatic rings. The molecule has 2 aliphatic rings. The second-order valence-electron chi connectivity index (χ2n) is 12.0. The van der Waals surface area contributed by atoms with Gasteiger partial charge >= 0.3 is 0 Å². The van der Waals surface area contributed by atoms with Crippen molar-refractivity contribution < 1.29 is 14.2 Å². The Balaban J connectivity index is 1.14. The van der Waals surface area contributed by atoms with Gasteiger partial charge in [-0.1, -0.05) is 31.2 Å². The maximum atomic E-state index is 6.57. The van der Waals surface area contributed by atoms with Gasteiger partial charge in [-0.05, 0) is 49.0 Å². The molecule has 13 heteroatoms. The lowest BCUT2D eigenvalue weighted by Gasteiger charge is -2.47. The Kier molecular flexibility index (Phi) is 8.96. The van der Waals surface area contributed by atoms with Gasteiger partial charge in [0.2, 0.25) is 11.2 Å². The van der Waals surface area contributed by atoms with Gasteiger partial charge in [0.05, 0.1) is 35.9 Å². The summed E-state index contributed by atoms with van der Waals surface area (Å²) in [6.07, 6.45) is 4.75. The summed E-state index contributed by atoms with van der Waals surface area (Å²) < 4.78 is 19.2. The minimum atomic E-state index is -1.17. The van der Waals surface area contributed by atoms with E-state index in [1.54, 1.807) is 0 Å². The molecule has 0 atom stereocenters. The zero-order valence-electron chi connectivity index (χ0n) is 23.5. The molecule has 2 fully saturated rings. The molecule has 0 aliphatic carbocycles. The summed E-state index contributed by atoms with van der Waals surface area (Å²) in [5, 5.41) is 4.74. The van der Waals surface area contributed by atoms with Crippen LogP contribution < -0.4 is 20.7 Å². The number of nitrogens with one attached hydrogen (secondary N) is 1. The predicted octanol–water partition coefficient (Wildman–Crippen LogP) is 5.53. The van der Waals surface area contributed by atoms with Crippen LogP contribution in [0.4, 0.5) is 17.3 Å². The monoisotopic (exact) mass is 607 g/mol. The van der Waals surface area contributed by atoms with Crippen molar-refractivity contribution in [2.75, 3.05) is 62.0 Å². The maximum Gasteiger partial charge on any atom is 0.239 e. The molecule has 5 heterocycles. The van der Waals surface area contributed by atoms with Gasteiger partial charge in [0, 0.05) is 45.9 Å². The number of ether oxygens (including phenoxy) is 3. The van der Waals surface area contributed by atoms with Gasteiger partial charge in [0.1, 0.15) is 18.4 Å². The highest BCUT2D eigenvalue weighted by Crippen LogP contribution is 2.39. The Morgan fingerprint density at radius 3 is 2.58 bits per heavy atom. The first kappa shape index (κ1) is 29.2. The van der Waals surface area contributed by atoms with Gasteiger partial charge in [-0.2, -0.15) is 15.0 Å². The van der Waals surface area contributed by atoms with Crippen LogP contribution in [0, 0.1) is 5.41 Å². The highest BCUT2D eigenvalue weighted by molar-refractivity contribution is 6.76. The van der Waals surface area contributed by atoms with Gasteiger partial charge in [0.15, 0.2) is 5.65 Å². The van der Waals surface area contributed by atoms with Crippen LogP contribution in [-0.2, 0) is 16.2 Å². The minimum absolute atomic E-state index is 0.145. The van der Waals surface area contributed by atoms with Crippen LogP contribution in [0.2, 0.25) is 36.0 Å². The average molecular weight is 609 g/mol. The summed E-state index contributed by atoms with van der Waals surface area (Å²) in [6, 6.07) is 4.93. The molecule has 3 aromatic heterocycles. The highest BCUT2D eigenvalue weighted by Gasteiger charge is 2.41. The summed E-state index contributed by atoms with van der Waals surface area (Å²) in [6.45, 7) is 12.8. The molecule has 3 N–H and O–H groups in total. The lowest BCUT2D eigenvalue weighted by atomic mass is 9.77. The number of hydrogen-bond donors (Lipinski definition) is 2. The molecule has 0 saturated carbocycles. The standard InChI is InChI=1S/C27H39Cl2N7O3Si/c1-40(2,3)14-13-37-18-36-15-19(28)22-23(33-26(29)34-24(22)36)31-9-4-12-39-25-20(30)5-6-21(32-25)35-10-7-27(8-11-35)16-38-17-27/h5-6,15H,4,7-14,16-18,30H2,1-3H3,(H,31,33,34). The number of nitrogens with zero attached hydrogens (tertiary/aromatic N) is 5. The quantitative estimate of drug-likeness (QED) is 0.156. The fraction of sp³-hybridized carbons (Fsp3) is 0.593. The lowest BCUT2D eigenvalue weighted by molar-refractivity contribution is -0.124. The van der Waals surface area contributed by atoms with Crippen LogP contribution in [0.1, 0.15) is 19.3 Å². The van der Waals surface area contributed by atoms with E-state index in [0.717, 1.165) is 56.4 Å². The molecule has 0 bridgehead atoms. The number of aromatic nitrogens is 4. The zero-order chi connectivity index (χ0) is 28.3. The van der Waals surface area contributed by atoms with Gasteiger partial charge in [-0.25, -0.2) is 0 Å². The Bertz CT molecular complexity index is 1320. The number of hydrogen-bond acceptors (Lipinski definition) is 9. The molecule has 0 radical (unpaired) electrons. The molecular formula is C27H39Cl2N7O3Si. The summed E-state index contributed by atoms with van der Waals surface area (Å²) in [5.41, 5.74) is 7.71. The summed E-state index contributed by atoms with van der Waals surface area (Å²) >= 11 is 12.8. The van der Waals surface area contributed by atoms with Gasteiger partial charge in [0.25, 0.3) is 0 Å². The van der Waals surface area contributed by atoms with Gasteiger partial charge in [-0.15, -0.1) is 0 Å². The molecule has 0 amide bonds. The number of anilines is 3. The van der Waals surface area contributed by atoms with Crippen LogP contribution in [0.25, 0.3) is 11.0 Å². The van der Waals surface area contributed by atoms with Crippen LogP contribution in [0.5, 0.6) is 5.88 Å². The third-order valence-corrected chi connectivity index (χ3v) is 9.72. The van der Waals surface area contributed by atoms with Crippen molar-refractivity contribution in [3.05, 3.63) is 28.6 Å². The number of pyridine rings is 1. The fourth-order valence-electron chi connectivity index (χ4n) is 4.95. The van der Waals surface area contributed by atoms with Gasteiger partial charge in [-0.3, -0.25) is 0 Å². The number of nitrogens with two attached hydrogens (primary N) is 1. The van der Waals surface area contributed by atoms with Crippen molar-refractivity contribution in [3.63, 3.8) is 0 Å². The van der Waals surface area contributed by atoms with E-state index in [1.165, 1.54) is 0 Å². The van der Waals surface area contributed by atoms with Crippen molar-refractivity contribution in [2.45, 2.75) is 51.7 Å². The fourth-order valence-corrected chi connectivity index (χ4v) is 6.16. The highest BCUT2D eigenvalue weighted by atomic mass is 35.5. The van der Waals surface area contributed by atoms with Crippen LogP contribution in [0.15, 0.2) is 18.3 Å². The number of nitrogen functional groups attached to an aromatic ring is 1. The van der Waals surface area contributed by atoms with E-state index < -0.39 is 8.07 Å². The van der Waals surface area contributed by atoms with Crippen molar-refractivity contribution in [1.82, 2.24) is 19.5 Å². The number of fused-ring (bicyclic) bond motifs is 1. The van der Waals surface area contributed by atoms with Gasteiger partial charge < -0.3 is 34.7 Å². The molecule has 5 rings (SSSR count). The molecular weight excluding hydrogens is 569 g/mol. The van der Waals surface area contributed by atoms with Crippen molar-refractivity contribution in [1.29, 1.82) is 0 Å². The zero-order valence-corrected chi connectivity index (χ0v) is 26.0. The molecule has 2 aliphatic heterocycles. The second-order valence-corrected chi connectivity index (χ2v) is 18.4. The summed E-state index contributed by atoms with van der Waals surface area (Å²) in [5.74, 6) is 1.95. The largest absolute Gasteiger partial charge is 0.476 e. The summed E-state index contributed by atoms with van der Waals surface area (Å²) in [7, 11) is -1.17. The first-order chi connectivity index (χ1) is 19.1. The Morgan fingerprint density at radius 2 is 1.88 bits per heavy atom. The van der Waals surface area contributed by atoms with E-state index in [4.69, 9.17) is 48.1 Å². The van der Waals surface area contributed by atoms with Crippen LogP contribution in [-0.4, -0.2) is 73.7 Å². The molecule has 2 saturated heterocycles. The first-order valence-corrected chi connectivity index (χ1v) is 18.3.